The van der Waals surface area contributed by atoms with E-state index in [0.717, 1.165) is 43.9 Å². The van der Waals surface area contributed by atoms with Gasteiger partial charge in [0.1, 0.15) is 12.6 Å². The lowest BCUT2D eigenvalue weighted by Gasteiger charge is -2.34. The summed E-state index contributed by atoms with van der Waals surface area (Å²) in [6.07, 6.45) is 2.00. The third kappa shape index (κ3) is 9.28. The Kier molecular flexibility index (Phi) is 12.0. The molecule has 0 aliphatic carbocycles. The third-order valence-corrected chi connectivity index (χ3v) is 9.86. The van der Waals surface area contributed by atoms with E-state index in [0.29, 0.717) is 12.2 Å². The van der Waals surface area contributed by atoms with Crippen LogP contribution in [0.1, 0.15) is 42.0 Å². The van der Waals surface area contributed by atoms with Crippen molar-refractivity contribution >= 4 is 43.5 Å². The normalized spacial score (nSPS) is 11.9. The molecular weight excluding hydrogens is 650 g/mol. The number of carbonyl (C=O) groups excluding carboxylic acids is 2. The topological polar surface area (TPSA) is 86.8 Å². The van der Waals surface area contributed by atoms with E-state index in [-0.39, 0.29) is 23.8 Å². The molecular formula is C36H40BrN3O4S. The van der Waals surface area contributed by atoms with Gasteiger partial charge in [0.2, 0.25) is 11.8 Å². The number of benzene rings is 4. The molecule has 1 atom stereocenters. The maximum absolute atomic E-state index is 14.5. The van der Waals surface area contributed by atoms with Gasteiger partial charge in [-0.2, -0.15) is 0 Å². The van der Waals surface area contributed by atoms with Crippen molar-refractivity contribution in [2.75, 3.05) is 17.4 Å². The zero-order chi connectivity index (χ0) is 32.4. The first-order valence-corrected chi connectivity index (χ1v) is 17.3. The first-order valence-electron chi connectivity index (χ1n) is 15.1. The summed E-state index contributed by atoms with van der Waals surface area (Å²) in [6, 6.07) is 29.8. The number of hydrogen-bond donors (Lipinski definition) is 1. The van der Waals surface area contributed by atoms with Gasteiger partial charge in [0.05, 0.1) is 10.6 Å². The van der Waals surface area contributed by atoms with Crippen molar-refractivity contribution in [2.24, 2.45) is 0 Å². The van der Waals surface area contributed by atoms with E-state index in [4.69, 9.17) is 0 Å². The van der Waals surface area contributed by atoms with Crippen LogP contribution in [0.5, 0.6) is 0 Å². The number of unbranched alkanes of at least 4 members (excludes halogenated alkanes) is 1. The molecule has 0 radical (unpaired) electrons. The maximum atomic E-state index is 14.5. The Bertz CT molecular complexity index is 1680. The first kappa shape index (κ1) is 33.9. The molecule has 236 valence electrons. The number of aryl methyl sites for hydroxylation is 2. The highest BCUT2D eigenvalue weighted by molar-refractivity contribution is 9.10. The second kappa shape index (κ2) is 15.9. The Morgan fingerprint density at radius 3 is 2.13 bits per heavy atom. The minimum absolute atomic E-state index is 0.0761. The fourth-order valence-electron chi connectivity index (χ4n) is 5.04. The van der Waals surface area contributed by atoms with Gasteiger partial charge in [-0.25, -0.2) is 8.42 Å². The average molecular weight is 691 g/mol. The van der Waals surface area contributed by atoms with Crippen LogP contribution in [0.3, 0.4) is 0 Å². The Morgan fingerprint density at radius 1 is 0.822 bits per heavy atom. The molecule has 1 N–H and O–H groups in total. The standard InChI is InChI=1S/C36H40BrN3O4S/c1-4-5-22-38-36(42)34(24-29-11-7-6-8-12-29)39(25-30-13-9-10-28(3)23-30)35(41)26-40(32-18-16-31(37)17-19-32)45(43,44)33-20-14-27(2)15-21-33/h6-21,23,34H,4-5,22,24-26H2,1-3H3,(H,38,42). The third-order valence-electron chi connectivity index (χ3n) is 7.54. The number of sulfonamides is 1. The summed E-state index contributed by atoms with van der Waals surface area (Å²) < 4.78 is 30.2. The number of amides is 2. The van der Waals surface area contributed by atoms with E-state index in [1.54, 1.807) is 48.5 Å². The lowest BCUT2D eigenvalue weighted by molar-refractivity contribution is -0.140. The Balaban J connectivity index is 1.78. The summed E-state index contributed by atoms with van der Waals surface area (Å²) >= 11 is 3.42. The van der Waals surface area contributed by atoms with Gasteiger partial charge in [-0.15, -0.1) is 0 Å². The number of rotatable bonds is 14. The van der Waals surface area contributed by atoms with E-state index < -0.39 is 28.5 Å². The highest BCUT2D eigenvalue weighted by Crippen LogP contribution is 2.27. The van der Waals surface area contributed by atoms with Crippen molar-refractivity contribution in [1.82, 2.24) is 10.2 Å². The van der Waals surface area contributed by atoms with E-state index in [1.165, 1.54) is 4.90 Å². The molecule has 0 heterocycles. The van der Waals surface area contributed by atoms with Crippen LogP contribution in [0.2, 0.25) is 0 Å². The van der Waals surface area contributed by atoms with Gasteiger partial charge in [-0.3, -0.25) is 13.9 Å². The number of carbonyl (C=O) groups is 2. The van der Waals surface area contributed by atoms with Crippen LogP contribution in [-0.2, 0) is 32.6 Å². The minimum atomic E-state index is -4.14. The molecule has 0 aliphatic rings. The van der Waals surface area contributed by atoms with E-state index in [9.17, 15) is 18.0 Å². The molecule has 4 aromatic rings. The van der Waals surface area contributed by atoms with E-state index in [1.807, 2.05) is 75.4 Å². The Labute approximate surface area is 275 Å². The molecule has 0 fully saturated rings. The number of halogens is 1. The van der Waals surface area contributed by atoms with Crippen molar-refractivity contribution in [1.29, 1.82) is 0 Å². The number of nitrogens with one attached hydrogen (secondary N) is 1. The molecule has 0 aromatic heterocycles. The summed E-state index contributed by atoms with van der Waals surface area (Å²) in [4.78, 5) is 29.9. The molecule has 1 unspecified atom stereocenters. The van der Waals surface area contributed by atoms with Gasteiger partial charge in [-0.1, -0.05) is 107 Å². The van der Waals surface area contributed by atoms with Gasteiger partial charge in [0, 0.05) is 24.0 Å². The lowest BCUT2D eigenvalue weighted by Crippen LogP contribution is -2.53. The molecule has 7 nitrogen and oxygen atoms in total. The average Bonchev–Trinajstić information content (AvgIpc) is 3.02. The highest BCUT2D eigenvalue weighted by Gasteiger charge is 2.34. The van der Waals surface area contributed by atoms with Crippen LogP contribution < -0.4 is 9.62 Å². The van der Waals surface area contributed by atoms with E-state index >= 15 is 0 Å². The molecule has 0 saturated heterocycles. The molecule has 0 bridgehead atoms. The zero-order valence-electron chi connectivity index (χ0n) is 25.9. The van der Waals surface area contributed by atoms with Gasteiger partial charge in [0.25, 0.3) is 10.0 Å². The van der Waals surface area contributed by atoms with Gasteiger partial charge in [0.15, 0.2) is 0 Å². The van der Waals surface area contributed by atoms with Gasteiger partial charge in [-0.05, 0) is 67.8 Å². The second-order valence-corrected chi connectivity index (χ2v) is 13.9. The quantitative estimate of drug-likeness (QED) is 0.147. The zero-order valence-corrected chi connectivity index (χ0v) is 28.4. The summed E-state index contributed by atoms with van der Waals surface area (Å²) in [5, 5.41) is 3.02. The molecule has 45 heavy (non-hydrogen) atoms. The largest absolute Gasteiger partial charge is 0.354 e. The SMILES string of the molecule is CCCCNC(=O)C(Cc1ccccc1)N(Cc1cccc(C)c1)C(=O)CN(c1ccc(Br)cc1)S(=O)(=O)c1ccc(C)cc1. The Morgan fingerprint density at radius 2 is 1.49 bits per heavy atom. The van der Waals surface area contributed by atoms with Crippen molar-refractivity contribution in [3.05, 3.63) is 130 Å². The fraction of sp³-hybridized carbons (Fsp3) is 0.278. The molecule has 4 rings (SSSR count). The van der Waals surface area contributed by atoms with Crippen LogP contribution in [-0.4, -0.2) is 44.3 Å². The second-order valence-electron chi connectivity index (χ2n) is 11.2. The summed E-state index contributed by atoms with van der Waals surface area (Å²) in [7, 11) is -4.14. The summed E-state index contributed by atoms with van der Waals surface area (Å²) in [6.45, 7) is 6.04. The molecule has 9 heteroatoms. The van der Waals surface area contributed by atoms with Crippen molar-refractivity contribution in [3.8, 4) is 0 Å². The van der Waals surface area contributed by atoms with Crippen molar-refractivity contribution in [3.63, 3.8) is 0 Å². The smallest absolute Gasteiger partial charge is 0.264 e. The molecule has 0 saturated carbocycles. The van der Waals surface area contributed by atoms with Crippen LogP contribution >= 0.6 is 15.9 Å². The summed E-state index contributed by atoms with van der Waals surface area (Å²) in [5.74, 6) is -0.758. The number of nitrogens with zero attached hydrogens (tertiary/aromatic N) is 2. The fourth-order valence-corrected chi connectivity index (χ4v) is 6.72. The predicted octanol–water partition coefficient (Wildman–Crippen LogP) is 6.82. The monoisotopic (exact) mass is 689 g/mol. The Hall–Kier alpha value is -3.95. The van der Waals surface area contributed by atoms with Crippen molar-refractivity contribution in [2.45, 2.75) is 57.5 Å². The summed E-state index contributed by atoms with van der Waals surface area (Å²) in [5.41, 5.74) is 4.02. The minimum Gasteiger partial charge on any atom is -0.354 e. The van der Waals surface area contributed by atoms with Crippen LogP contribution in [0.4, 0.5) is 5.69 Å². The molecule has 0 aliphatic heterocycles. The first-order chi connectivity index (χ1) is 21.6. The van der Waals surface area contributed by atoms with Crippen LogP contribution in [0.25, 0.3) is 0 Å². The lowest BCUT2D eigenvalue weighted by atomic mass is 10.0. The van der Waals surface area contributed by atoms with Crippen LogP contribution in [0, 0.1) is 13.8 Å². The van der Waals surface area contributed by atoms with Gasteiger partial charge >= 0.3 is 0 Å². The van der Waals surface area contributed by atoms with Crippen LogP contribution in [0.15, 0.2) is 112 Å². The van der Waals surface area contributed by atoms with Gasteiger partial charge < -0.3 is 10.2 Å². The maximum Gasteiger partial charge on any atom is 0.264 e. The number of anilines is 1. The molecule has 4 aromatic carbocycles. The predicted molar refractivity (Wildman–Crippen MR) is 183 cm³/mol. The molecule has 2 amide bonds. The highest BCUT2D eigenvalue weighted by atomic mass is 79.9. The molecule has 0 spiro atoms. The van der Waals surface area contributed by atoms with Crippen molar-refractivity contribution < 1.29 is 18.0 Å². The van der Waals surface area contributed by atoms with E-state index in [2.05, 4.69) is 21.2 Å². The number of hydrogen-bond acceptors (Lipinski definition) is 4.